The first-order valence-electron chi connectivity index (χ1n) is 5.49. The van der Waals surface area contributed by atoms with Gasteiger partial charge in [0.25, 0.3) is 5.56 Å². The molecule has 1 aromatic heterocycles. The van der Waals surface area contributed by atoms with Crippen LogP contribution in [0.3, 0.4) is 0 Å². The zero-order valence-electron chi connectivity index (χ0n) is 9.35. The zero-order valence-corrected chi connectivity index (χ0v) is 9.35. The smallest absolute Gasteiger partial charge is 0.259 e. The Bertz CT molecular complexity index is 766. The van der Waals surface area contributed by atoms with E-state index in [1.165, 1.54) is 18.2 Å². The first kappa shape index (κ1) is 10.7. The van der Waals surface area contributed by atoms with E-state index < -0.39 is 5.82 Å². The van der Waals surface area contributed by atoms with Gasteiger partial charge in [-0.05, 0) is 12.1 Å². The number of benzene rings is 2. The lowest BCUT2D eigenvalue weighted by atomic mass is 10.2. The van der Waals surface area contributed by atoms with Gasteiger partial charge in [0.2, 0.25) is 0 Å². The van der Waals surface area contributed by atoms with Gasteiger partial charge in [-0.1, -0.05) is 30.3 Å². The van der Waals surface area contributed by atoms with Gasteiger partial charge in [0.15, 0.2) is 0 Å². The second kappa shape index (κ2) is 4.07. The number of nitrogens with zero attached hydrogens (tertiary/aromatic N) is 1. The van der Waals surface area contributed by atoms with E-state index in [1.807, 2.05) is 30.3 Å². The van der Waals surface area contributed by atoms with Crippen LogP contribution in [0.15, 0.2) is 53.3 Å². The number of rotatable bonds is 1. The second-order valence-electron chi connectivity index (χ2n) is 3.94. The van der Waals surface area contributed by atoms with Gasteiger partial charge in [-0.25, -0.2) is 9.37 Å². The third-order valence-corrected chi connectivity index (χ3v) is 2.72. The molecule has 0 spiro atoms. The van der Waals surface area contributed by atoms with E-state index >= 15 is 0 Å². The molecule has 1 N–H and O–H groups in total. The molecule has 0 unspecified atom stereocenters. The van der Waals surface area contributed by atoms with Gasteiger partial charge in [-0.3, -0.25) is 4.79 Å². The Morgan fingerprint density at radius 3 is 2.61 bits per heavy atom. The standard InChI is InChI=1S/C14H9FN2O/c15-10-6-7-11-12(8-10)16-13(17-14(11)18)9-4-2-1-3-5-9/h1-8H,(H,16,17,18). The average molecular weight is 240 g/mol. The van der Waals surface area contributed by atoms with Crippen molar-refractivity contribution >= 4 is 10.9 Å². The molecular weight excluding hydrogens is 231 g/mol. The van der Waals surface area contributed by atoms with Gasteiger partial charge in [-0.15, -0.1) is 0 Å². The average Bonchev–Trinajstić information content (AvgIpc) is 2.39. The summed E-state index contributed by atoms with van der Waals surface area (Å²) in [5.41, 5.74) is 0.886. The van der Waals surface area contributed by atoms with Gasteiger partial charge < -0.3 is 4.98 Å². The molecule has 1 heterocycles. The molecule has 3 nitrogen and oxygen atoms in total. The lowest BCUT2D eigenvalue weighted by Gasteiger charge is -2.02. The number of aromatic nitrogens is 2. The Labute approximate surface area is 102 Å². The maximum atomic E-state index is 13.2. The summed E-state index contributed by atoms with van der Waals surface area (Å²) in [6, 6.07) is 13.2. The minimum atomic E-state index is -0.403. The lowest BCUT2D eigenvalue weighted by molar-refractivity contribution is 0.629. The number of H-pyrrole nitrogens is 1. The number of fused-ring (bicyclic) bond motifs is 1. The number of hydrogen-bond donors (Lipinski definition) is 1. The third kappa shape index (κ3) is 1.78. The van der Waals surface area contributed by atoms with E-state index in [4.69, 9.17) is 0 Å². The van der Waals surface area contributed by atoms with Gasteiger partial charge in [0, 0.05) is 11.6 Å². The second-order valence-corrected chi connectivity index (χ2v) is 3.94. The number of hydrogen-bond acceptors (Lipinski definition) is 2. The van der Waals surface area contributed by atoms with E-state index in [0.717, 1.165) is 5.56 Å². The third-order valence-electron chi connectivity index (χ3n) is 2.72. The summed E-state index contributed by atoms with van der Waals surface area (Å²) in [4.78, 5) is 18.8. The van der Waals surface area contributed by atoms with Gasteiger partial charge in [0.05, 0.1) is 10.9 Å². The molecule has 0 aliphatic rings. The van der Waals surface area contributed by atoms with Crippen LogP contribution in [-0.2, 0) is 0 Å². The molecular formula is C14H9FN2O. The van der Waals surface area contributed by atoms with Crippen LogP contribution in [0.1, 0.15) is 0 Å². The summed E-state index contributed by atoms with van der Waals surface area (Å²) < 4.78 is 13.2. The van der Waals surface area contributed by atoms with Crippen molar-refractivity contribution in [2.45, 2.75) is 0 Å². The minimum Gasteiger partial charge on any atom is -0.306 e. The normalized spacial score (nSPS) is 10.7. The predicted molar refractivity (Wildman–Crippen MR) is 67.8 cm³/mol. The highest BCUT2D eigenvalue weighted by molar-refractivity contribution is 5.79. The Morgan fingerprint density at radius 2 is 1.83 bits per heavy atom. The summed E-state index contributed by atoms with van der Waals surface area (Å²) in [5.74, 6) is 0.0401. The molecule has 18 heavy (non-hydrogen) atoms. The maximum Gasteiger partial charge on any atom is 0.259 e. The molecule has 0 saturated carbocycles. The Balaban J connectivity index is 2.30. The number of aromatic amines is 1. The molecule has 3 rings (SSSR count). The molecule has 4 heteroatoms. The maximum absolute atomic E-state index is 13.2. The molecule has 0 bridgehead atoms. The summed E-state index contributed by atoms with van der Waals surface area (Å²) in [7, 11) is 0. The summed E-state index contributed by atoms with van der Waals surface area (Å²) >= 11 is 0. The fourth-order valence-electron chi connectivity index (χ4n) is 1.85. The minimum absolute atomic E-state index is 0.265. The van der Waals surface area contributed by atoms with Crippen LogP contribution in [0, 0.1) is 5.82 Å². The molecule has 0 saturated heterocycles. The van der Waals surface area contributed by atoms with Gasteiger partial charge in [-0.2, -0.15) is 0 Å². The van der Waals surface area contributed by atoms with Gasteiger partial charge in [0.1, 0.15) is 11.6 Å². The zero-order chi connectivity index (χ0) is 12.5. The molecule has 2 aromatic carbocycles. The first-order chi connectivity index (χ1) is 8.74. The summed E-state index contributed by atoms with van der Waals surface area (Å²) in [6.07, 6.45) is 0. The van der Waals surface area contributed by atoms with Crippen molar-refractivity contribution in [2.24, 2.45) is 0 Å². The molecule has 3 aromatic rings. The van der Waals surface area contributed by atoms with Crippen LogP contribution < -0.4 is 5.56 Å². The monoisotopic (exact) mass is 240 g/mol. The van der Waals surface area contributed by atoms with Crippen molar-refractivity contribution in [3.05, 3.63) is 64.7 Å². The van der Waals surface area contributed by atoms with Crippen molar-refractivity contribution in [2.75, 3.05) is 0 Å². The summed E-state index contributed by atoms with van der Waals surface area (Å²) in [5, 5.41) is 0.385. The highest BCUT2D eigenvalue weighted by Crippen LogP contribution is 2.16. The molecule has 0 aliphatic heterocycles. The lowest BCUT2D eigenvalue weighted by Crippen LogP contribution is -2.09. The van der Waals surface area contributed by atoms with Crippen molar-refractivity contribution in [1.82, 2.24) is 9.97 Å². The van der Waals surface area contributed by atoms with E-state index in [9.17, 15) is 9.18 Å². The van der Waals surface area contributed by atoms with E-state index in [0.29, 0.717) is 16.7 Å². The van der Waals surface area contributed by atoms with Crippen molar-refractivity contribution in [3.63, 3.8) is 0 Å². The molecule has 0 atom stereocenters. The predicted octanol–water partition coefficient (Wildman–Crippen LogP) is 2.73. The Kier molecular flexibility index (Phi) is 2.41. The van der Waals surface area contributed by atoms with Crippen molar-refractivity contribution in [3.8, 4) is 11.4 Å². The fraction of sp³-hybridized carbons (Fsp3) is 0. The van der Waals surface area contributed by atoms with E-state index in [-0.39, 0.29) is 5.56 Å². The molecule has 0 aliphatic carbocycles. The Morgan fingerprint density at radius 1 is 1.06 bits per heavy atom. The number of nitrogens with one attached hydrogen (secondary N) is 1. The highest BCUT2D eigenvalue weighted by atomic mass is 19.1. The van der Waals surface area contributed by atoms with Crippen LogP contribution in [0.5, 0.6) is 0 Å². The van der Waals surface area contributed by atoms with Gasteiger partial charge >= 0.3 is 0 Å². The van der Waals surface area contributed by atoms with Crippen LogP contribution >= 0.6 is 0 Å². The topological polar surface area (TPSA) is 45.8 Å². The quantitative estimate of drug-likeness (QED) is 0.710. The highest BCUT2D eigenvalue weighted by Gasteiger charge is 2.06. The van der Waals surface area contributed by atoms with Crippen molar-refractivity contribution in [1.29, 1.82) is 0 Å². The SMILES string of the molecule is O=c1[nH]c(-c2ccccc2)nc2cc(F)ccc12. The molecule has 88 valence electrons. The van der Waals surface area contributed by atoms with Crippen LogP contribution in [-0.4, -0.2) is 9.97 Å². The van der Waals surface area contributed by atoms with Crippen LogP contribution in [0.25, 0.3) is 22.3 Å². The van der Waals surface area contributed by atoms with E-state index in [1.54, 1.807) is 0 Å². The van der Waals surface area contributed by atoms with Crippen LogP contribution in [0.2, 0.25) is 0 Å². The largest absolute Gasteiger partial charge is 0.306 e. The molecule has 0 radical (unpaired) electrons. The summed E-state index contributed by atoms with van der Waals surface area (Å²) in [6.45, 7) is 0. The first-order valence-corrected chi connectivity index (χ1v) is 5.49. The molecule has 0 fully saturated rings. The Hall–Kier alpha value is -2.49. The number of halogens is 1. The fourth-order valence-corrected chi connectivity index (χ4v) is 1.85. The van der Waals surface area contributed by atoms with E-state index in [2.05, 4.69) is 9.97 Å². The molecule has 0 amide bonds. The van der Waals surface area contributed by atoms with Crippen LogP contribution in [0.4, 0.5) is 4.39 Å². The van der Waals surface area contributed by atoms with Crippen molar-refractivity contribution < 1.29 is 4.39 Å².